The van der Waals surface area contributed by atoms with E-state index >= 15 is 0 Å². The Morgan fingerprint density at radius 1 is 1.28 bits per heavy atom. The molecule has 0 spiro atoms. The molecule has 1 aromatic heterocycles. The van der Waals surface area contributed by atoms with Gasteiger partial charge in [0.15, 0.2) is 0 Å². The van der Waals surface area contributed by atoms with Crippen LogP contribution in [0.3, 0.4) is 0 Å². The molecule has 0 aliphatic rings. The Balaban J connectivity index is 2.44. The van der Waals surface area contributed by atoms with E-state index in [2.05, 4.69) is 53.2 Å². The van der Waals surface area contributed by atoms with Gasteiger partial charge in [-0.1, -0.05) is 19.1 Å². The monoisotopic (exact) mass is 307 g/mol. The fraction of sp³-hybridized carbons (Fsp3) is 0.357. The Labute approximate surface area is 116 Å². The van der Waals surface area contributed by atoms with Gasteiger partial charge in [-0.05, 0) is 48.5 Å². The summed E-state index contributed by atoms with van der Waals surface area (Å²) in [7, 11) is 0. The van der Waals surface area contributed by atoms with E-state index in [4.69, 9.17) is 0 Å². The Morgan fingerprint density at radius 3 is 2.67 bits per heavy atom. The van der Waals surface area contributed by atoms with Crippen LogP contribution in [-0.2, 0) is 6.54 Å². The average molecular weight is 308 g/mol. The number of halogens is 1. The Hall–Kier alpha value is -1.13. The summed E-state index contributed by atoms with van der Waals surface area (Å²) in [5.74, 6) is 0. The van der Waals surface area contributed by atoms with Gasteiger partial charge in [-0.25, -0.2) is 4.68 Å². The fourth-order valence-electron chi connectivity index (χ4n) is 2.04. The largest absolute Gasteiger partial charge is 0.313 e. The minimum Gasteiger partial charge on any atom is -0.313 e. The lowest BCUT2D eigenvalue weighted by Crippen LogP contribution is -2.13. The van der Waals surface area contributed by atoms with Crippen molar-refractivity contribution < 1.29 is 0 Å². The van der Waals surface area contributed by atoms with Crippen LogP contribution in [0.25, 0.3) is 5.69 Å². The lowest BCUT2D eigenvalue weighted by molar-refractivity contribution is 0.719. The SMILES string of the molecule is CCNCc1c(C)nn(-c2ccccc2Br)c1C. The van der Waals surface area contributed by atoms with Gasteiger partial charge < -0.3 is 5.32 Å². The van der Waals surface area contributed by atoms with E-state index in [0.717, 1.165) is 28.9 Å². The molecule has 0 aliphatic carbocycles. The van der Waals surface area contributed by atoms with Gasteiger partial charge in [0.25, 0.3) is 0 Å². The normalized spacial score (nSPS) is 10.9. The second kappa shape index (κ2) is 5.67. The average Bonchev–Trinajstić information content (AvgIpc) is 2.63. The van der Waals surface area contributed by atoms with E-state index in [0.29, 0.717) is 0 Å². The number of benzene rings is 1. The second-order valence-electron chi connectivity index (χ2n) is 4.29. The van der Waals surface area contributed by atoms with Crippen molar-refractivity contribution >= 4 is 15.9 Å². The Kier molecular flexibility index (Phi) is 4.19. The molecule has 0 amide bonds. The molecule has 3 nitrogen and oxygen atoms in total. The molecule has 0 aliphatic heterocycles. The van der Waals surface area contributed by atoms with E-state index in [1.807, 2.05) is 22.9 Å². The lowest BCUT2D eigenvalue weighted by Gasteiger charge is -2.07. The summed E-state index contributed by atoms with van der Waals surface area (Å²) in [5, 5.41) is 8.00. The standard InChI is InChI=1S/C14H18BrN3/c1-4-16-9-12-10(2)17-18(11(12)3)14-8-6-5-7-13(14)15/h5-8,16H,4,9H2,1-3H3. The second-order valence-corrected chi connectivity index (χ2v) is 5.15. The fourth-order valence-corrected chi connectivity index (χ4v) is 2.49. The molecule has 1 aromatic carbocycles. The highest BCUT2D eigenvalue weighted by atomic mass is 79.9. The van der Waals surface area contributed by atoms with Gasteiger partial charge in [0.05, 0.1) is 11.4 Å². The van der Waals surface area contributed by atoms with Crippen molar-refractivity contribution in [3.63, 3.8) is 0 Å². The van der Waals surface area contributed by atoms with Crippen LogP contribution in [0.2, 0.25) is 0 Å². The number of hydrogen-bond donors (Lipinski definition) is 1. The molecule has 2 aromatic rings. The first kappa shape index (κ1) is 13.3. The van der Waals surface area contributed by atoms with Gasteiger partial charge in [0.1, 0.15) is 0 Å². The maximum Gasteiger partial charge on any atom is 0.0790 e. The quantitative estimate of drug-likeness (QED) is 0.938. The molecule has 18 heavy (non-hydrogen) atoms. The molecular weight excluding hydrogens is 290 g/mol. The van der Waals surface area contributed by atoms with Crippen LogP contribution in [-0.4, -0.2) is 16.3 Å². The van der Waals surface area contributed by atoms with Crippen molar-refractivity contribution in [2.45, 2.75) is 27.3 Å². The van der Waals surface area contributed by atoms with Gasteiger partial charge >= 0.3 is 0 Å². The number of nitrogens with zero attached hydrogens (tertiary/aromatic N) is 2. The van der Waals surface area contributed by atoms with Gasteiger partial charge in [-0.2, -0.15) is 5.10 Å². The summed E-state index contributed by atoms with van der Waals surface area (Å²) in [6.45, 7) is 8.14. The minimum absolute atomic E-state index is 0.874. The highest BCUT2D eigenvalue weighted by molar-refractivity contribution is 9.10. The topological polar surface area (TPSA) is 29.9 Å². The lowest BCUT2D eigenvalue weighted by atomic mass is 10.2. The van der Waals surface area contributed by atoms with Crippen molar-refractivity contribution in [1.29, 1.82) is 0 Å². The van der Waals surface area contributed by atoms with Gasteiger partial charge in [-0.15, -0.1) is 0 Å². The van der Waals surface area contributed by atoms with E-state index in [-0.39, 0.29) is 0 Å². The summed E-state index contributed by atoms with van der Waals surface area (Å²) < 4.78 is 3.07. The van der Waals surface area contributed by atoms with Crippen molar-refractivity contribution in [2.75, 3.05) is 6.54 Å². The third-order valence-electron chi connectivity index (χ3n) is 3.07. The Bertz CT molecular complexity index is 546. The number of nitrogens with one attached hydrogen (secondary N) is 1. The summed E-state index contributed by atoms with van der Waals surface area (Å²) in [4.78, 5) is 0. The molecule has 0 unspecified atom stereocenters. The van der Waals surface area contributed by atoms with Gasteiger partial charge in [0, 0.05) is 22.3 Å². The zero-order valence-corrected chi connectivity index (χ0v) is 12.6. The third kappa shape index (κ3) is 2.49. The molecule has 96 valence electrons. The summed E-state index contributed by atoms with van der Waals surface area (Å²) in [6, 6.07) is 8.15. The number of aromatic nitrogens is 2. The molecule has 0 fully saturated rings. The summed E-state index contributed by atoms with van der Waals surface area (Å²) in [5.41, 5.74) is 4.65. The molecule has 1 heterocycles. The number of rotatable bonds is 4. The molecule has 0 radical (unpaired) electrons. The van der Waals surface area contributed by atoms with E-state index in [1.54, 1.807) is 0 Å². The smallest absolute Gasteiger partial charge is 0.0790 e. The van der Waals surface area contributed by atoms with Crippen LogP contribution < -0.4 is 5.32 Å². The van der Waals surface area contributed by atoms with Gasteiger partial charge in [-0.3, -0.25) is 0 Å². The molecular formula is C14H18BrN3. The first-order chi connectivity index (χ1) is 8.65. The zero-order chi connectivity index (χ0) is 13.1. The molecule has 0 atom stereocenters. The highest BCUT2D eigenvalue weighted by Gasteiger charge is 2.13. The van der Waals surface area contributed by atoms with Crippen LogP contribution in [0.15, 0.2) is 28.7 Å². The van der Waals surface area contributed by atoms with Crippen LogP contribution in [0.1, 0.15) is 23.9 Å². The van der Waals surface area contributed by atoms with Crippen LogP contribution in [0.5, 0.6) is 0 Å². The van der Waals surface area contributed by atoms with Crippen LogP contribution in [0, 0.1) is 13.8 Å². The first-order valence-electron chi connectivity index (χ1n) is 6.15. The van der Waals surface area contributed by atoms with Crippen molar-refractivity contribution in [3.05, 3.63) is 45.7 Å². The number of hydrogen-bond acceptors (Lipinski definition) is 2. The van der Waals surface area contributed by atoms with Crippen molar-refractivity contribution in [2.24, 2.45) is 0 Å². The zero-order valence-electron chi connectivity index (χ0n) is 11.0. The molecule has 2 rings (SSSR count). The minimum atomic E-state index is 0.874. The summed E-state index contributed by atoms with van der Waals surface area (Å²) in [6.07, 6.45) is 0. The summed E-state index contributed by atoms with van der Waals surface area (Å²) >= 11 is 3.58. The molecule has 0 saturated carbocycles. The van der Waals surface area contributed by atoms with E-state index in [9.17, 15) is 0 Å². The van der Waals surface area contributed by atoms with Crippen molar-refractivity contribution in [3.8, 4) is 5.69 Å². The van der Waals surface area contributed by atoms with Gasteiger partial charge in [0.2, 0.25) is 0 Å². The Morgan fingerprint density at radius 2 is 2.00 bits per heavy atom. The number of aryl methyl sites for hydroxylation is 1. The van der Waals surface area contributed by atoms with Crippen LogP contribution >= 0.6 is 15.9 Å². The number of para-hydroxylation sites is 1. The predicted octanol–water partition coefficient (Wildman–Crippen LogP) is 3.36. The van der Waals surface area contributed by atoms with E-state index < -0.39 is 0 Å². The molecule has 1 N–H and O–H groups in total. The first-order valence-corrected chi connectivity index (χ1v) is 6.95. The van der Waals surface area contributed by atoms with E-state index in [1.165, 1.54) is 11.3 Å². The van der Waals surface area contributed by atoms with Crippen molar-refractivity contribution in [1.82, 2.24) is 15.1 Å². The molecule has 0 bridgehead atoms. The molecule has 4 heteroatoms. The maximum atomic E-state index is 4.64. The maximum absolute atomic E-state index is 4.64. The third-order valence-corrected chi connectivity index (χ3v) is 3.74. The predicted molar refractivity (Wildman–Crippen MR) is 78.1 cm³/mol. The van der Waals surface area contributed by atoms with Crippen LogP contribution in [0.4, 0.5) is 0 Å². The highest BCUT2D eigenvalue weighted by Crippen LogP contribution is 2.24. The molecule has 0 saturated heterocycles.